The molecule has 1 fully saturated rings. The molecule has 0 radical (unpaired) electrons. The lowest BCUT2D eigenvalue weighted by Gasteiger charge is -2.29. The van der Waals surface area contributed by atoms with E-state index >= 15 is 0 Å². The minimum atomic E-state index is -0.413. The van der Waals surface area contributed by atoms with Gasteiger partial charge in [0, 0.05) is 5.57 Å². The normalized spacial score (nSPS) is 18.3. The largest absolute Gasteiger partial charge is 0.457 e. The number of hydrogen-bond donors (Lipinski definition) is 1. The Morgan fingerprint density at radius 3 is 2.31 bits per heavy atom. The summed E-state index contributed by atoms with van der Waals surface area (Å²) in [7, 11) is 0. The third kappa shape index (κ3) is 6.56. The molecule has 1 aliphatic rings. The number of hydrogen-bond acceptors (Lipinski definition) is 3. The molecule has 32 heavy (non-hydrogen) atoms. The van der Waals surface area contributed by atoms with Crippen LogP contribution in [0.4, 0.5) is 0 Å². The summed E-state index contributed by atoms with van der Waals surface area (Å²) in [6.45, 7) is 7.58. The van der Waals surface area contributed by atoms with E-state index in [0.29, 0.717) is 11.5 Å². The van der Waals surface area contributed by atoms with Crippen LogP contribution in [-0.2, 0) is 22.7 Å². The molecule has 2 aromatic rings. The quantitative estimate of drug-likeness (QED) is 0.242. The molecule has 0 amide bonds. The predicted octanol–water partition coefficient (Wildman–Crippen LogP) is 7.32. The maximum atomic E-state index is 11.8. The van der Waals surface area contributed by atoms with Gasteiger partial charge in [-0.3, -0.25) is 0 Å². The molecule has 1 aliphatic carbocycles. The lowest BCUT2D eigenvalue weighted by molar-refractivity contribution is -0.140. The zero-order valence-corrected chi connectivity index (χ0v) is 19.7. The van der Waals surface area contributed by atoms with Crippen molar-refractivity contribution >= 4 is 5.97 Å². The summed E-state index contributed by atoms with van der Waals surface area (Å²) in [5, 5.41) is 9.66. The minimum absolute atomic E-state index is 0.0830. The Morgan fingerprint density at radius 1 is 1.00 bits per heavy atom. The summed E-state index contributed by atoms with van der Waals surface area (Å²) in [6.07, 6.45) is 10.8. The number of aliphatic hydroxyl groups is 1. The number of ether oxygens (including phenoxy) is 1. The fourth-order valence-corrected chi connectivity index (χ4v) is 4.78. The second kappa shape index (κ2) is 12.0. The van der Waals surface area contributed by atoms with Gasteiger partial charge >= 0.3 is 5.97 Å². The molecule has 2 aromatic carbocycles. The van der Waals surface area contributed by atoms with Crippen LogP contribution in [0, 0.1) is 5.92 Å². The van der Waals surface area contributed by atoms with E-state index < -0.39 is 5.97 Å². The first-order valence-electron chi connectivity index (χ1n) is 12.2. The first kappa shape index (κ1) is 24.3. The van der Waals surface area contributed by atoms with E-state index in [1.807, 2.05) is 18.2 Å². The highest BCUT2D eigenvalue weighted by molar-refractivity contribution is 5.86. The van der Waals surface area contributed by atoms with Gasteiger partial charge in [-0.25, -0.2) is 4.79 Å². The number of esters is 1. The maximum Gasteiger partial charge on any atom is 0.333 e. The lowest BCUT2D eigenvalue weighted by Crippen LogP contribution is -2.13. The van der Waals surface area contributed by atoms with E-state index in [-0.39, 0.29) is 13.2 Å². The molecule has 0 heterocycles. The van der Waals surface area contributed by atoms with Crippen molar-refractivity contribution in [2.75, 3.05) is 0 Å². The molecule has 0 unspecified atom stereocenters. The highest BCUT2D eigenvalue weighted by Crippen LogP contribution is 2.38. The molecular formula is C29H38O3. The summed E-state index contributed by atoms with van der Waals surface area (Å²) >= 11 is 0. The molecule has 0 saturated heterocycles. The molecule has 3 heteroatoms. The number of rotatable bonds is 10. The van der Waals surface area contributed by atoms with Crippen molar-refractivity contribution in [1.29, 1.82) is 0 Å². The Kier molecular flexibility index (Phi) is 9.11. The minimum Gasteiger partial charge on any atom is -0.457 e. The van der Waals surface area contributed by atoms with Gasteiger partial charge in [-0.2, -0.15) is 0 Å². The van der Waals surface area contributed by atoms with Crippen molar-refractivity contribution in [3.8, 4) is 11.1 Å². The van der Waals surface area contributed by atoms with Crippen molar-refractivity contribution in [2.24, 2.45) is 5.92 Å². The van der Waals surface area contributed by atoms with E-state index in [0.717, 1.165) is 28.2 Å². The summed E-state index contributed by atoms with van der Waals surface area (Å²) in [4.78, 5) is 11.8. The third-order valence-electron chi connectivity index (χ3n) is 6.86. The zero-order valence-electron chi connectivity index (χ0n) is 19.7. The third-order valence-corrected chi connectivity index (χ3v) is 6.86. The monoisotopic (exact) mass is 434 g/mol. The van der Waals surface area contributed by atoms with Crippen LogP contribution in [0.15, 0.2) is 54.6 Å². The molecule has 0 aromatic heterocycles. The van der Waals surface area contributed by atoms with Gasteiger partial charge in [0.15, 0.2) is 0 Å². The molecule has 172 valence electrons. The van der Waals surface area contributed by atoms with Gasteiger partial charge in [-0.05, 0) is 78.3 Å². The first-order valence-corrected chi connectivity index (χ1v) is 12.2. The van der Waals surface area contributed by atoms with Crippen LogP contribution in [0.2, 0.25) is 0 Å². The summed E-state index contributed by atoms with van der Waals surface area (Å²) in [6, 6.07) is 14.9. The number of benzene rings is 2. The number of carbonyl (C=O) groups excluding carboxylic acids is 1. The van der Waals surface area contributed by atoms with Crippen LogP contribution in [0.3, 0.4) is 0 Å². The topological polar surface area (TPSA) is 46.5 Å². The van der Waals surface area contributed by atoms with Gasteiger partial charge in [-0.1, -0.05) is 75.6 Å². The Bertz CT molecular complexity index is 889. The predicted molar refractivity (Wildman–Crippen MR) is 131 cm³/mol. The van der Waals surface area contributed by atoms with Crippen LogP contribution in [0.1, 0.15) is 87.8 Å². The standard InChI is InChI=1S/C29H38O3/c1-4-5-6-7-22-8-10-23(11-9-22)24-12-14-25(15-13-24)26-16-17-27(19-30)28(18-26)20-32-29(31)21(2)3/h12-18,22-23,30H,2,4-11,19-20H2,1,3H3. The fraction of sp³-hybridized carbons (Fsp3) is 0.483. The second-order valence-corrected chi connectivity index (χ2v) is 9.33. The zero-order chi connectivity index (χ0) is 22.9. The average Bonchev–Trinajstić information content (AvgIpc) is 2.83. The van der Waals surface area contributed by atoms with Crippen molar-refractivity contribution in [1.82, 2.24) is 0 Å². The average molecular weight is 435 g/mol. The molecule has 0 aliphatic heterocycles. The molecule has 3 nitrogen and oxygen atoms in total. The molecule has 0 bridgehead atoms. The van der Waals surface area contributed by atoms with Gasteiger partial charge in [0.1, 0.15) is 6.61 Å². The van der Waals surface area contributed by atoms with Crippen molar-refractivity contribution in [3.63, 3.8) is 0 Å². The van der Waals surface area contributed by atoms with E-state index in [9.17, 15) is 9.90 Å². The van der Waals surface area contributed by atoms with Gasteiger partial charge in [0.05, 0.1) is 6.61 Å². The number of unbranched alkanes of at least 4 members (excludes halogenated alkanes) is 2. The Labute approximate surface area is 193 Å². The van der Waals surface area contributed by atoms with E-state index in [1.54, 1.807) is 6.92 Å². The Balaban J connectivity index is 1.64. The Morgan fingerprint density at radius 2 is 1.69 bits per heavy atom. The smallest absolute Gasteiger partial charge is 0.333 e. The van der Waals surface area contributed by atoms with Crippen LogP contribution < -0.4 is 0 Å². The highest BCUT2D eigenvalue weighted by Gasteiger charge is 2.22. The van der Waals surface area contributed by atoms with Gasteiger partial charge in [0.25, 0.3) is 0 Å². The van der Waals surface area contributed by atoms with E-state index in [1.165, 1.54) is 56.9 Å². The number of aliphatic hydroxyl groups excluding tert-OH is 1. The van der Waals surface area contributed by atoms with Crippen LogP contribution in [0.25, 0.3) is 11.1 Å². The van der Waals surface area contributed by atoms with E-state index in [2.05, 4.69) is 37.8 Å². The second-order valence-electron chi connectivity index (χ2n) is 9.33. The maximum absolute atomic E-state index is 11.8. The fourth-order valence-electron chi connectivity index (χ4n) is 4.78. The van der Waals surface area contributed by atoms with Gasteiger partial charge < -0.3 is 9.84 Å². The van der Waals surface area contributed by atoms with Crippen LogP contribution in [0.5, 0.6) is 0 Å². The molecule has 1 N–H and O–H groups in total. The molecule has 0 atom stereocenters. The van der Waals surface area contributed by atoms with Crippen molar-refractivity contribution in [3.05, 3.63) is 71.3 Å². The number of carbonyl (C=O) groups is 1. The molecule has 1 saturated carbocycles. The van der Waals surface area contributed by atoms with Crippen LogP contribution >= 0.6 is 0 Å². The van der Waals surface area contributed by atoms with Crippen molar-refractivity contribution < 1.29 is 14.6 Å². The lowest BCUT2D eigenvalue weighted by atomic mass is 9.77. The Hall–Kier alpha value is -2.39. The summed E-state index contributed by atoms with van der Waals surface area (Å²) in [5.74, 6) is 1.20. The molecule has 0 spiro atoms. The van der Waals surface area contributed by atoms with E-state index in [4.69, 9.17) is 4.74 Å². The SMILES string of the molecule is C=C(C)C(=O)OCc1cc(-c2ccc(C3CCC(CCCCC)CC3)cc2)ccc1CO. The van der Waals surface area contributed by atoms with Gasteiger partial charge in [-0.15, -0.1) is 0 Å². The van der Waals surface area contributed by atoms with Crippen molar-refractivity contribution in [2.45, 2.75) is 84.3 Å². The van der Waals surface area contributed by atoms with Crippen LogP contribution in [-0.4, -0.2) is 11.1 Å². The summed E-state index contributed by atoms with van der Waals surface area (Å²) in [5.41, 5.74) is 5.62. The molecular weight excluding hydrogens is 396 g/mol. The molecule has 3 rings (SSSR count). The summed E-state index contributed by atoms with van der Waals surface area (Å²) < 4.78 is 5.31. The van der Waals surface area contributed by atoms with Gasteiger partial charge in [0.2, 0.25) is 0 Å². The first-order chi connectivity index (χ1) is 15.5. The highest BCUT2D eigenvalue weighted by atomic mass is 16.5.